The summed E-state index contributed by atoms with van der Waals surface area (Å²) in [5.41, 5.74) is 1.45. The van der Waals surface area contributed by atoms with E-state index in [2.05, 4.69) is 37.2 Å². The van der Waals surface area contributed by atoms with Crippen molar-refractivity contribution < 1.29 is 24.6 Å². The molecule has 31 heavy (non-hydrogen) atoms. The van der Waals surface area contributed by atoms with E-state index >= 15 is 0 Å². The number of aromatic hydroxyl groups is 1. The van der Waals surface area contributed by atoms with Crippen molar-refractivity contribution in [3.63, 3.8) is 0 Å². The average molecular weight is 574 g/mol. The largest absolute Gasteiger partial charge is 0.506 e. The number of carbonyl (C=O) groups is 2. The van der Waals surface area contributed by atoms with Gasteiger partial charge in [-0.05, 0) is 58.6 Å². The topological polar surface area (TPSA) is 108 Å². The van der Waals surface area contributed by atoms with Gasteiger partial charge in [-0.25, -0.2) is 10.3 Å². The summed E-state index contributed by atoms with van der Waals surface area (Å²) in [6.07, 6.45) is 2.86. The highest BCUT2D eigenvalue weighted by Crippen LogP contribution is 2.45. The molecular weight excluding hydrogens is 552 g/mol. The van der Waals surface area contributed by atoms with Crippen LogP contribution in [0, 0.1) is 5.41 Å². The third-order valence-electron chi connectivity index (χ3n) is 4.35. The second-order valence-corrected chi connectivity index (χ2v) is 9.74. The molecule has 0 aliphatic rings. The predicted molar refractivity (Wildman–Crippen MR) is 127 cm³/mol. The Kier molecular flexibility index (Phi) is 8.99. The van der Waals surface area contributed by atoms with Gasteiger partial charge in [0.1, 0.15) is 11.9 Å². The number of thioether (sulfide) groups is 1. The highest BCUT2D eigenvalue weighted by molar-refractivity contribution is 9.11. The van der Waals surface area contributed by atoms with Gasteiger partial charge in [0.25, 0.3) is 5.91 Å². The maximum atomic E-state index is 12.7. The highest BCUT2D eigenvalue weighted by atomic mass is 79.9. The van der Waals surface area contributed by atoms with Crippen LogP contribution in [0.25, 0.3) is 0 Å². The quantitative estimate of drug-likeness (QED) is 0.140. The number of rotatable bonds is 7. The zero-order valence-electron chi connectivity index (χ0n) is 17.0. The number of amides is 2. The Balaban J connectivity index is 2.38. The van der Waals surface area contributed by atoms with E-state index in [-0.39, 0.29) is 5.75 Å². The van der Waals surface area contributed by atoms with E-state index in [9.17, 15) is 14.7 Å². The van der Waals surface area contributed by atoms with E-state index in [0.29, 0.717) is 20.2 Å². The first kappa shape index (κ1) is 25.3. The maximum Gasteiger partial charge on any atom is 0.412 e. The van der Waals surface area contributed by atoms with Crippen LogP contribution in [-0.4, -0.2) is 28.6 Å². The van der Waals surface area contributed by atoms with Crippen LogP contribution in [0.3, 0.4) is 0 Å². The molecule has 2 aromatic rings. The van der Waals surface area contributed by atoms with Gasteiger partial charge in [-0.15, -0.1) is 11.8 Å². The van der Waals surface area contributed by atoms with E-state index in [1.165, 1.54) is 11.6 Å². The summed E-state index contributed by atoms with van der Waals surface area (Å²) in [6, 6.07) is 10.5. The molecule has 0 saturated carbocycles. The van der Waals surface area contributed by atoms with Gasteiger partial charge in [0.15, 0.2) is 0 Å². The fourth-order valence-electron chi connectivity index (χ4n) is 2.75. The van der Waals surface area contributed by atoms with E-state index < -0.39 is 23.5 Å². The number of hydroxylamine groups is 1. The first-order valence-corrected chi connectivity index (χ1v) is 11.8. The van der Waals surface area contributed by atoms with Crippen LogP contribution in [0.4, 0.5) is 10.5 Å². The Morgan fingerprint density at radius 3 is 2.42 bits per heavy atom. The van der Waals surface area contributed by atoms with Crippen LogP contribution in [0.1, 0.15) is 25.5 Å². The van der Waals surface area contributed by atoms with Crippen molar-refractivity contribution in [1.29, 1.82) is 0 Å². The molecule has 2 aromatic carbocycles. The molecule has 4 N–H and O–H groups in total. The van der Waals surface area contributed by atoms with E-state index in [1.54, 1.807) is 49.9 Å². The summed E-state index contributed by atoms with van der Waals surface area (Å²) in [5, 5.41) is 22.0. The summed E-state index contributed by atoms with van der Waals surface area (Å²) in [5.74, 6) is -0.830. The SMILES string of the molecule is CSc1ccc(NC(=O)O[C@H](c2cc(Br)cc(Br)c2O)C(C)(C)/C=C/C(=O)NO)cc1. The molecule has 0 spiro atoms. The molecule has 0 bridgehead atoms. The standard InChI is InChI=1S/C21H22Br2N2O5S/c1-21(2,9-8-17(26)25-29)19(15-10-12(22)11-16(23)18(15)27)30-20(28)24-13-4-6-14(31-3)7-5-13/h4-11,19,27,29H,1-3H3,(H,24,28)(H,25,26)/b9-8+/t19-/m1/s1. The number of benzene rings is 2. The lowest BCUT2D eigenvalue weighted by molar-refractivity contribution is -0.124. The lowest BCUT2D eigenvalue weighted by Gasteiger charge is -2.32. The molecule has 0 aliphatic carbocycles. The second kappa shape index (κ2) is 11.0. The number of anilines is 1. The minimum absolute atomic E-state index is 0.0987. The van der Waals surface area contributed by atoms with Gasteiger partial charge in [-0.1, -0.05) is 35.9 Å². The van der Waals surface area contributed by atoms with Gasteiger partial charge in [-0.3, -0.25) is 15.3 Å². The highest BCUT2D eigenvalue weighted by Gasteiger charge is 2.35. The summed E-state index contributed by atoms with van der Waals surface area (Å²) in [6.45, 7) is 3.46. The van der Waals surface area contributed by atoms with E-state index in [4.69, 9.17) is 9.94 Å². The van der Waals surface area contributed by atoms with Crippen LogP contribution in [0.15, 0.2) is 62.4 Å². The molecule has 1 atom stereocenters. The first-order chi connectivity index (χ1) is 14.6. The molecule has 0 fully saturated rings. The molecule has 0 heterocycles. The van der Waals surface area contributed by atoms with Crippen LogP contribution >= 0.6 is 43.6 Å². The Hall–Kier alpha value is -2.01. The molecule has 7 nitrogen and oxygen atoms in total. The molecule has 0 unspecified atom stereocenters. The van der Waals surface area contributed by atoms with Gasteiger partial charge in [0.05, 0.1) is 4.47 Å². The predicted octanol–water partition coefficient (Wildman–Crippen LogP) is 6.02. The van der Waals surface area contributed by atoms with Crippen LogP contribution in [-0.2, 0) is 9.53 Å². The number of hydrogen-bond donors (Lipinski definition) is 4. The minimum atomic E-state index is -0.977. The average Bonchev–Trinajstić information content (AvgIpc) is 2.73. The number of carbonyl (C=O) groups excluding carboxylic acids is 2. The van der Waals surface area contributed by atoms with Gasteiger partial charge in [-0.2, -0.15) is 0 Å². The monoisotopic (exact) mass is 572 g/mol. The van der Waals surface area contributed by atoms with E-state index in [0.717, 1.165) is 11.0 Å². The summed E-state index contributed by atoms with van der Waals surface area (Å²) >= 11 is 8.24. The van der Waals surface area contributed by atoms with Crippen molar-refractivity contribution >= 4 is 61.3 Å². The molecule has 166 valence electrons. The number of nitrogens with one attached hydrogen (secondary N) is 2. The third kappa shape index (κ3) is 6.99. The number of halogens is 2. The number of phenolic OH excluding ortho intramolecular Hbond substituents is 1. The Labute approximate surface area is 201 Å². The van der Waals surface area contributed by atoms with Crippen LogP contribution < -0.4 is 10.8 Å². The lowest BCUT2D eigenvalue weighted by Crippen LogP contribution is -2.28. The summed E-state index contributed by atoms with van der Waals surface area (Å²) < 4.78 is 6.78. The van der Waals surface area contributed by atoms with Gasteiger partial charge >= 0.3 is 6.09 Å². The van der Waals surface area contributed by atoms with Gasteiger partial charge < -0.3 is 9.84 Å². The Bertz CT molecular complexity index is 980. The normalized spacial score (nSPS) is 12.5. The van der Waals surface area contributed by atoms with Crippen molar-refractivity contribution in [2.45, 2.75) is 24.8 Å². The molecule has 10 heteroatoms. The number of hydrogen-bond acceptors (Lipinski definition) is 6. The van der Waals surface area contributed by atoms with Gasteiger partial charge in [0.2, 0.25) is 0 Å². The van der Waals surface area contributed by atoms with Gasteiger partial charge in [0, 0.05) is 32.1 Å². The second-order valence-electron chi connectivity index (χ2n) is 7.10. The van der Waals surface area contributed by atoms with Crippen molar-refractivity contribution in [1.82, 2.24) is 5.48 Å². The van der Waals surface area contributed by atoms with E-state index in [1.807, 2.05) is 18.4 Å². The van der Waals surface area contributed by atoms with Crippen molar-refractivity contribution in [2.24, 2.45) is 5.41 Å². The molecular formula is C21H22Br2N2O5S. The Morgan fingerprint density at radius 2 is 1.84 bits per heavy atom. The van der Waals surface area contributed by atoms with Crippen molar-refractivity contribution in [3.8, 4) is 5.75 Å². The first-order valence-electron chi connectivity index (χ1n) is 9.00. The molecule has 0 aliphatic heterocycles. The minimum Gasteiger partial charge on any atom is -0.506 e. The van der Waals surface area contributed by atoms with Crippen LogP contribution in [0.5, 0.6) is 5.75 Å². The summed E-state index contributed by atoms with van der Waals surface area (Å²) in [4.78, 5) is 25.2. The molecule has 0 aromatic heterocycles. The van der Waals surface area contributed by atoms with Crippen molar-refractivity contribution in [2.75, 3.05) is 11.6 Å². The molecule has 0 radical (unpaired) electrons. The summed E-state index contributed by atoms with van der Waals surface area (Å²) in [7, 11) is 0. The zero-order chi connectivity index (χ0) is 23.2. The number of phenols is 1. The fourth-order valence-corrected chi connectivity index (χ4v) is 4.41. The Morgan fingerprint density at radius 1 is 1.19 bits per heavy atom. The fraction of sp³-hybridized carbons (Fsp3) is 0.238. The zero-order valence-corrected chi connectivity index (χ0v) is 21.0. The third-order valence-corrected chi connectivity index (χ3v) is 6.16. The van der Waals surface area contributed by atoms with Crippen molar-refractivity contribution in [3.05, 3.63) is 63.1 Å². The molecule has 0 saturated heterocycles. The maximum absolute atomic E-state index is 12.7. The molecule has 2 rings (SSSR count). The lowest BCUT2D eigenvalue weighted by atomic mass is 9.81. The number of ether oxygens (including phenoxy) is 1. The smallest absolute Gasteiger partial charge is 0.412 e. The molecule has 2 amide bonds. The van der Waals surface area contributed by atoms with Crippen LogP contribution in [0.2, 0.25) is 0 Å².